The molecule has 0 bridgehead atoms. The van der Waals surface area contributed by atoms with Crippen molar-refractivity contribution in [2.24, 2.45) is 0 Å². The Balaban J connectivity index is 1.95. The molecule has 1 aromatic heterocycles. The fourth-order valence-corrected chi connectivity index (χ4v) is 1.36. The van der Waals surface area contributed by atoms with Gasteiger partial charge in [0.2, 0.25) is 5.88 Å². The first-order valence-corrected chi connectivity index (χ1v) is 4.60. The van der Waals surface area contributed by atoms with Crippen molar-refractivity contribution in [3.05, 3.63) is 28.4 Å². The summed E-state index contributed by atoms with van der Waals surface area (Å²) >= 11 is 0. The van der Waals surface area contributed by atoms with Crippen LogP contribution in [0.15, 0.2) is 18.3 Å². The molecule has 0 aliphatic heterocycles. The van der Waals surface area contributed by atoms with E-state index in [4.69, 9.17) is 9.84 Å². The lowest BCUT2D eigenvalue weighted by molar-refractivity contribution is -0.385. The quantitative estimate of drug-likeness (QED) is 0.591. The maximum Gasteiger partial charge on any atom is 0.287 e. The fourth-order valence-electron chi connectivity index (χ4n) is 1.36. The molecule has 0 atom stereocenters. The fraction of sp³-hybridized carbons (Fsp3) is 0.444. The second-order valence-electron chi connectivity index (χ2n) is 3.48. The summed E-state index contributed by atoms with van der Waals surface area (Å²) in [5, 5.41) is 19.4. The lowest BCUT2D eigenvalue weighted by Gasteiger charge is -2.30. The van der Waals surface area contributed by atoms with Crippen LogP contribution in [0, 0.1) is 10.1 Å². The van der Waals surface area contributed by atoms with Gasteiger partial charge in [-0.3, -0.25) is 10.1 Å². The highest BCUT2D eigenvalue weighted by atomic mass is 16.6. The molecule has 6 nitrogen and oxygen atoms in total. The van der Waals surface area contributed by atoms with Crippen molar-refractivity contribution >= 4 is 5.69 Å². The Bertz CT molecular complexity index is 359. The van der Waals surface area contributed by atoms with Crippen molar-refractivity contribution in [1.29, 1.82) is 0 Å². The van der Waals surface area contributed by atoms with Crippen LogP contribution in [0.2, 0.25) is 0 Å². The number of aliphatic hydroxyl groups is 1. The molecule has 0 unspecified atom stereocenters. The zero-order chi connectivity index (χ0) is 10.8. The van der Waals surface area contributed by atoms with E-state index in [1.807, 2.05) is 0 Å². The van der Waals surface area contributed by atoms with Crippen LogP contribution in [0.3, 0.4) is 0 Å². The predicted octanol–water partition coefficient (Wildman–Crippen LogP) is 0.892. The van der Waals surface area contributed by atoms with Gasteiger partial charge in [-0.15, -0.1) is 0 Å². The van der Waals surface area contributed by atoms with Gasteiger partial charge in [0.05, 0.1) is 11.0 Å². The first-order chi connectivity index (χ1) is 7.15. The minimum absolute atomic E-state index is 0.0195. The van der Waals surface area contributed by atoms with Crippen molar-refractivity contribution in [3.63, 3.8) is 0 Å². The lowest BCUT2D eigenvalue weighted by Crippen LogP contribution is -2.37. The van der Waals surface area contributed by atoms with Crippen LogP contribution >= 0.6 is 0 Å². The highest BCUT2D eigenvalue weighted by Gasteiger charge is 2.29. The van der Waals surface area contributed by atoms with Crippen molar-refractivity contribution < 1.29 is 14.8 Å². The Morgan fingerprint density at radius 2 is 2.27 bits per heavy atom. The number of hydrogen-bond donors (Lipinski definition) is 1. The van der Waals surface area contributed by atoms with Crippen molar-refractivity contribution in [2.75, 3.05) is 0 Å². The maximum atomic E-state index is 10.3. The van der Waals surface area contributed by atoms with Crippen LogP contribution < -0.4 is 4.74 Å². The van der Waals surface area contributed by atoms with Crippen LogP contribution in [0.5, 0.6) is 5.88 Å². The number of aliphatic hydroxyl groups excluding tert-OH is 1. The molecule has 1 aliphatic carbocycles. The molecule has 1 aliphatic rings. The molecule has 15 heavy (non-hydrogen) atoms. The number of rotatable bonds is 3. The molecular formula is C9H10N2O4. The van der Waals surface area contributed by atoms with Crippen LogP contribution in [-0.4, -0.2) is 27.2 Å². The van der Waals surface area contributed by atoms with Crippen LogP contribution in [0.1, 0.15) is 12.8 Å². The summed E-state index contributed by atoms with van der Waals surface area (Å²) in [6.07, 6.45) is 2.05. The highest BCUT2D eigenvalue weighted by Crippen LogP contribution is 2.25. The summed E-state index contributed by atoms with van der Waals surface area (Å²) < 4.78 is 5.36. The Morgan fingerprint density at radius 1 is 1.53 bits per heavy atom. The van der Waals surface area contributed by atoms with Gasteiger partial charge in [-0.2, -0.15) is 0 Å². The van der Waals surface area contributed by atoms with Crippen molar-refractivity contribution in [3.8, 4) is 5.88 Å². The number of pyridine rings is 1. The van der Waals surface area contributed by atoms with E-state index in [0.29, 0.717) is 18.7 Å². The van der Waals surface area contributed by atoms with Gasteiger partial charge in [-0.25, -0.2) is 4.98 Å². The highest BCUT2D eigenvalue weighted by molar-refractivity contribution is 5.29. The zero-order valence-corrected chi connectivity index (χ0v) is 7.87. The zero-order valence-electron chi connectivity index (χ0n) is 7.87. The minimum atomic E-state index is -0.510. The molecule has 0 aromatic carbocycles. The minimum Gasteiger partial charge on any atom is -0.474 e. The predicted molar refractivity (Wildman–Crippen MR) is 50.5 cm³/mol. The number of nitrogens with zero attached hydrogens (tertiary/aromatic N) is 2. The summed E-state index contributed by atoms with van der Waals surface area (Å²) in [7, 11) is 0. The summed E-state index contributed by atoms with van der Waals surface area (Å²) in [5.74, 6) is 0.359. The van der Waals surface area contributed by atoms with E-state index >= 15 is 0 Å². The summed E-state index contributed by atoms with van der Waals surface area (Å²) in [6.45, 7) is 0. The average molecular weight is 210 g/mol. The van der Waals surface area contributed by atoms with Gasteiger partial charge >= 0.3 is 0 Å². The van der Waals surface area contributed by atoms with Crippen LogP contribution in [0.4, 0.5) is 5.69 Å². The summed E-state index contributed by atoms with van der Waals surface area (Å²) in [4.78, 5) is 13.6. The van der Waals surface area contributed by atoms with E-state index in [-0.39, 0.29) is 17.9 Å². The molecule has 0 saturated heterocycles. The molecule has 1 N–H and O–H groups in total. The third-order valence-electron chi connectivity index (χ3n) is 2.29. The molecule has 1 saturated carbocycles. The third-order valence-corrected chi connectivity index (χ3v) is 2.29. The van der Waals surface area contributed by atoms with Gasteiger partial charge in [0.25, 0.3) is 5.69 Å². The number of ether oxygens (including phenoxy) is 1. The second-order valence-corrected chi connectivity index (χ2v) is 3.48. The van der Waals surface area contributed by atoms with Gasteiger partial charge in [0, 0.05) is 25.0 Å². The first kappa shape index (κ1) is 9.85. The summed E-state index contributed by atoms with van der Waals surface area (Å²) in [5.41, 5.74) is -0.0593. The Kier molecular flexibility index (Phi) is 2.51. The van der Waals surface area contributed by atoms with Gasteiger partial charge in [-0.1, -0.05) is 0 Å². The lowest BCUT2D eigenvalue weighted by atomic mass is 9.92. The molecule has 1 heterocycles. The molecule has 80 valence electrons. The van der Waals surface area contributed by atoms with Crippen LogP contribution in [0.25, 0.3) is 0 Å². The van der Waals surface area contributed by atoms with Gasteiger partial charge < -0.3 is 9.84 Å². The van der Waals surface area contributed by atoms with Gasteiger partial charge in [-0.05, 0) is 0 Å². The molecule has 2 rings (SSSR count). The number of hydrogen-bond acceptors (Lipinski definition) is 5. The van der Waals surface area contributed by atoms with Gasteiger partial charge in [0.1, 0.15) is 12.3 Å². The molecule has 0 radical (unpaired) electrons. The second kappa shape index (κ2) is 3.82. The third kappa shape index (κ3) is 2.21. The standard InChI is InChI=1S/C9H10N2O4/c12-7-3-8(4-7)15-9-2-1-6(5-10-9)11(13)14/h1-2,5,7-8,12H,3-4H2/t7-,8-. The van der Waals surface area contributed by atoms with E-state index < -0.39 is 4.92 Å². The monoisotopic (exact) mass is 210 g/mol. The molecule has 0 spiro atoms. The molecule has 6 heteroatoms. The Labute approximate surface area is 85.7 Å². The van der Waals surface area contributed by atoms with E-state index in [2.05, 4.69) is 4.98 Å². The summed E-state index contributed by atoms with van der Waals surface area (Å²) in [6, 6.07) is 2.81. The van der Waals surface area contributed by atoms with Crippen molar-refractivity contribution in [1.82, 2.24) is 4.98 Å². The molecule has 0 amide bonds. The number of aromatic nitrogens is 1. The Hall–Kier alpha value is -1.69. The average Bonchev–Trinajstić information content (AvgIpc) is 2.16. The molecule has 1 aromatic rings. The van der Waals surface area contributed by atoms with Gasteiger partial charge in [0.15, 0.2) is 0 Å². The topological polar surface area (TPSA) is 85.5 Å². The number of nitro groups is 1. The van der Waals surface area contributed by atoms with Crippen LogP contribution in [-0.2, 0) is 0 Å². The smallest absolute Gasteiger partial charge is 0.287 e. The molecule has 1 fully saturated rings. The van der Waals surface area contributed by atoms with Crippen molar-refractivity contribution in [2.45, 2.75) is 25.0 Å². The normalized spacial score (nSPS) is 24.3. The van der Waals surface area contributed by atoms with E-state index in [0.717, 1.165) is 6.20 Å². The maximum absolute atomic E-state index is 10.3. The van der Waals surface area contributed by atoms with E-state index in [9.17, 15) is 10.1 Å². The SMILES string of the molecule is O=[N+]([O-])c1ccc(O[C@H]2C[C@H](O)C2)nc1. The van der Waals surface area contributed by atoms with E-state index in [1.165, 1.54) is 12.1 Å². The molecular weight excluding hydrogens is 200 g/mol. The first-order valence-electron chi connectivity index (χ1n) is 4.60. The largest absolute Gasteiger partial charge is 0.474 e. The Morgan fingerprint density at radius 3 is 2.73 bits per heavy atom. The van der Waals surface area contributed by atoms with E-state index in [1.54, 1.807) is 0 Å².